The summed E-state index contributed by atoms with van der Waals surface area (Å²) in [5, 5.41) is 5.38. The van der Waals surface area contributed by atoms with E-state index < -0.39 is 11.5 Å². The summed E-state index contributed by atoms with van der Waals surface area (Å²) < 4.78 is 5.41. The number of hydrogen-bond acceptors (Lipinski definition) is 4. The van der Waals surface area contributed by atoms with Crippen LogP contribution >= 0.6 is 0 Å². The van der Waals surface area contributed by atoms with Gasteiger partial charge in [0.1, 0.15) is 6.10 Å². The lowest BCUT2D eigenvalue weighted by Crippen LogP contribution is -2.49. The number of carbonyl (C=O) groups excluding carboxylic acids is 2. The van der Waals surface area contributed by atoms with Crippen LogP contribution in [0, 0.1) is 6.92 Å². The van der Waals surface area contributed by atoms with Crippen molar-refractivity contribution in [2.75, 3.05) is 24.5 Å². The molecule has 6 rings (SSSR count). The van der Waals surface area contributed by atoms with Crippen LogP contribution in [-0.4, -0.2) is 48.7 Å². The van der Waals surface area contributed by atoms with Crippen molar-refractivity contribution in [1.29, 1.82) is 0 Å². The largest absolute Gasteiger partial charge is 0.444 e. The minimum absolute atomic E-state index is 0.134. The summed E-state index contributed by atoms with van der Waals surface area (Å²) >= 11 is 0. The predicted molar refractivity (Wildman–Crippen MR) is 141 cm³/mol. The van der Waals surface area contributed by atoms with Crippen LogP contribution in [0.3, 0.4) is 0 Å². The summed E-state index contributed by atoms with van der Waals surface area (Å²) in [5.41, 5.74) is 4.07. The molecule has 2 atom stereocenters. The quantitative estimate of drug-likeness (QED) is 0.560. The second-order valence-electron chi connectivity index (χ2n) is 10.7. The van der Waals surface area contributed by atoms with E-state index in [0.29, 0.717) is 13.0 Å². The number of nitrogens with zero attached hydrogens (tertiary/aromatic N) is 2. The molecule has 3 aromatic carbocycles. The van der Waals surface area contributed by atoms with Crippen LogP contribution in [0.4, 0.5) is 10.5 Å². The number of aryl methyl sites for hydroxylation is 1. The highest BCUT2D eigenvalue weighted by Crippen LogP contribution is 2.47. The predicted octanol–water partition coefficient (Wildman–Crippen LogP) is 4.92. The van der Waals surface area contributed by atoms with Gasteiger partial charge in [0, 0.05) is 37.8 Å². The second-order valence-corrected chi connectivity index (χ2v) is 10.7. The van der Waals surface area contributed by atoms with Crippen LogP contribution in [0.2, 0.25) is 0 Å². The smallest absolute Gasteiger partial charge is 0.407 e. The Morgan fingerprint density at radius 1 is 1.00 bits per heavy atom. The molecule has 3 aliphatic rings. The molecule has 2 fully saturated rings. The Bertz CT molecular complexity index is 1320. The molecule has 36 heavy (non-hydrogen) atoms. The van der Waals surface area contributed by atoms with Crippen molar-refractivity contribution in [3.8, 4) is 0 Å². The summed E-state index contributed by atoms with van der Waals surface area (Å²) in [5.74, 6) is 0.134. The lowest BCUT2D eigenvalue weighted by atomic mass is 9.79. The number of nitrogens with one attached hydrogen (secondary N) is 1. The molecular formula is C30H33N3O3. The number of para-hydroxylation sites is 1. The molecule has 3 aliphatic heterocycles. The van der Waals surface area contributed by atoms with Gasteiger partial charge in [-0.05, 0) is 60.2 Å². The van der Waals surface area contributed by atoms with Crippen molar-refractivity contribution < 1.29 is 14.3 Å². The van der Waals surface area contributed by atoms with E-state index in [0.717, 1.165) is 43.7 Å². The van der Waals surface area contributed by atoms with Gasteiger partial charge in [0.25, 0.3) is 0 Å². The number of benzene rings is 3. The molecule has 0 aromatic heterocycles. The topological polar surface area (TPSA) is 61.9 Å². The third-order valence-electron chi connectivity index (χ3n) is 8.35. The zero-order valence-electron chi connectivity index (χ0n) is 21.0. The van der Waals surface area contributed by atoms with Crippen LogP contribution in [0.5, 0.6) is 0 Å². The highest BCUT2D eigenvalue weighted by molar-refractivity contribution is 6.08. The molecule has 0 spiro atoms. The fourth-order valence-electron chi connectivity index (χ4n) is 6.53. The molecule has 6 heteroatoms. The Hall–Kier alpha value is -3.38. The number of hydrogen-bond donors (Lipinski definition) is 1. The van der Waals surface area contributed by atoms with Crippen molar-refractivity contribution in [2.45, 2.75) is 57.2 Å². The minimum atomic E-state index is -0.689. The molecular weight excluding hydrogens is 450 g/mol. The van der Waals surface area contributed by atoms with Crippen LogP contribution in [-0.2, 0) is 21.5 Å². The van der Waals surface area contributed by atoms with Crippen molar-refractivity contribution >= 4 is 28.5 Å². The lowest BCUT2D eigenvalue weighted by molar-refractivity contribution is -0.124. The first-order valence-corrected chi connectivity index (χ1v) is 13.0. The number of cyclic esters (lactones) is 1. The summed E-state index contributed by atoms with van der Waals surface area (Å²) in [6.45, 7) is 7.50. The first kappa shape index (κ1) is 23.0. The van der Waals surface area contributed by atoms with Crippen LogP contribution in [0.15, 0.2) is 60.7 Å². The Labute approximate surface area is 212 Å². The van der Waals surface area contributed by atoms with Gasteiger partial charge in [-0.15, -0.1) is 0 Å². The van der Waals surface area contributed by atoms with Crippen molar-refractivity contribution in [3.05, 3.63) is 77.4 Å². The Kier molecular flexibility index (Phi) is 5.72. The normalized spacial score (nSPS) is 24.7. The third-order valence-corrected chi connectivity index (χ3v) is 8.35. The molecule has 2 saturated heterocycles. The number of fused-ring (bicyclic) bond motifs is 2. The molecule has 0 bridgehead atoms. The fraction of sp³-hybridized carbons (Fsp3) is 0.400. The standard InChI is InChI=1S/C30H33N3O3/c1-20-7-5-8-21-9-6-10-22(27(20)21)19-32-15-13-23(14-16-32)33-26-12-4-3-11-25(26)30(2,28(33)34)17-24-18-31-29(35)36-24/h3-12,23-24H,13-19H2,1-2H3,(H,31,35). The second kappa shape index (κ2) is 8.93. The Morgan fingerprint density at radius 2 is 1.75 bits per heavy atom. The molecule has 3 heterocycles. The number of anilines is 1. The van der Waals surface area contributed by atoms with E-state index in [1.165, 1.54) is 21.9 Å². The number of likely N-dealkylation sites (tertiary alicyclic amines) is 1. The average molecular weight is 484 g/mol. The van der Waals surface area contributed by atoms with Crippen molar-refractivity contribution in [3.63, 3.8) is 0 Å². The monoisotopic (exact) mass is 483 g/mol. The molecule has 1 N–H and O–H groups in total. The maximum absolute atomic E-state index is 14.0. The van der Waals surface area contributed by atoms with Gasteiger partial charge in [-0.3, -0.25) is 9.69 Å². The highest BCUT2D eigenvalue weighted by Gasteiger charge is 2.51. The van der Waals surface area contributed by atoms with Gasteiger partial charge >= 0.3 is 6.09 Å². The van der Waals surface area contributed by atoms with Gasteiger partial charge in [0.15, 0.2) is 0 Å². The summed E-state index contributed by atoms with van der Waals surface area (Å²) in [4.78, 5) is 30.1. The number of carbonyl (C=O) groups is 2. The Morgan fingerprint density at radius 3 is 2.50 bits per heavy atom. The zero-order chi connectivity index (χ0) is 24.9. The van der Waals surface area contributed by atoms with E-state index in [-0.39, 0.29) is 18.1 Å². The van der Waals surface area contributed by atoms with Gasteiger partial charge in [0.05, 0.1) is 12.0 Å². The number of alkyl carbamates (subject to hydrolysis) is 1. The first-order valence-electron chi connectivity index (χ1n) is 13.0. The molecule has 3 aromatic rings. The molecule has 186 valence electrons. The van der Waals surface area contributed by atoms with Gasteiger partial charge < -0.3 is 15.0 Å². The number of piperidine rings is 1. The van der Waals surface area contributed by atoms with Gasteiger partial charge in [-0.1, -0.05) is 54.6 Å². The maximum atomic E-state index is 14.0. The number of ether oxygens (including phenoxy) is 1. The summed E-state index contributed by atoms with van der Waals surface area (Å²) in [6.07, 6.45) is 1.70. The molecule has 0 aliphatic carbocycles. The molecule has 0 saturated carbocycles. The molecule has 0 radical (unpaired) electrons. The van der Waals surface area contributed by atoms with E-state index in [1.807, 2.05) is 19.1 Å². The first-order chi connectivity index (χ1) is 17.4. The van der Waals surface area contributed by atoms with Crippen LogP contribution < -0.4 is 10.2 Å². The Balaban J connectivity index is 1.19. The van der Waals surface area contributed by atoms with Gasteiger partial charge in [0.2, 0.25) is 5.91 Å². The van der Waals surface area contributed by atoms with Crippen molar-refractivity contribution in [1.82, 2.24) is 10.2 Å². The molecule has 2 unspecified atom stereocenters. The van der Waals surface area contributed by atoms with Crippen LogP contribution in [0.25, 0.3) is 10.8 Å². The van der Waals surface area contributed by atoms with Gasteiger partial charge in [-0.2, -0.15) is 0 Å². The number of amides is 2. The van der Waals surface area contributed by atoms with Gasteiger partial charge in [-0.25, -0.2) is 4.79 Å². The zero-order valence-corrected chi connectivity index (χ0v) is 21.0. The maximum Gasteiger partial charge on any atom is 0.407 e. The van der Waals surface area contributed by atoms with E-state index in [4.69, 9.17) is 4.74 Å². The van der Waals surface area contributed by atoms with Crippen LogP contribution in [0.1, 0.15) is 42.9 Å². The van der Waals surface area contributed by atoms with E-state index in [1.54, 1.807) is 0 Å². The van der Waals surface area contributed by atoms with Crippen molar-refractivity contribution in [2.24, 2.45) is 0 Å². The summed E-state index contributed by atoms with van der Waals surface area (Å²) in [7, 11) is 0. The minimum Gasteiger partial charge on any atom is -0.444 e. The molecule has 2 amide bonds. The van der Waals surface area contributed by atoms with E-state index in [2.05, 4.69) is 70.6 Å². The summed E-state index contributed by atoms with van der Waals surface area (Å²) in [6, 6.07) is 21.4. The van der Waals surface area contributed by atoms with E-state index in [9.17, 15) is 9.59 Å². The number of rotatable bonds is 5. The molecule has 6 nitrogen and oxygen atoms in total. The lowest BCUT2D eigenvalue weighted by Gasteiger charge is -2.38. The third kappa shape index (κ3) is 3.84. The highest BCUT2D eigenvalue weighted by atomic mass is 16.6. The van der Waals surface area contributed by atoms with E-state index >= 15 is 0 Å². The SMILES string of the molecule is Cc1cccc2cccc(CN3CCC(N4C(=O)C(C)(CC5CNC(=O)O5)c5ccccc54)CC3)c12. The average Bonchev–Trinajstić information content (AvgIpc) is 3.38. The fourth-order valence-corrected chi connectivity index (χ4v) is 6.53.